The molecule has 32 heavy (non-hydrogen) atoms. The molecule has 1 saturated heterocycles. The van der Waals surface area contributed by atoms with Crippen LogP contribution >= 0.6 is 22.9 Å². The van der Waals surface area contributed by atoms with Crippen molar-refractivity contribution in [2.75, 3.05) is 13.2 Å². The van der Waals surface area contributed by atoms with Gasteiger partial charge in [-0.3, -0.25) is 9.59 Å². The summed E-state index contributed by atoms with van der Waals surface area (Å²) in [6.45, 7) is 3.33. The summed E-state index contributed by atoms with van der Waals surface area (Å²) in [6, 6.07) is 7.89. The summed E-state index contributed by atoms with van der Waals surface area (Å²) < 4.78 is 7.36. The van der Waals surface area contributed by atoms with Crippen LogP contribution in [0, 0.1) is 0 Å². The molecule has 0 aliphatic carbocycles. The maximum atomic E-state index is 13.0. The zero-order chi connectivity index (χ0) is 22.7. The van der Waals surface area contributed by atoms with Crippen molar-refractivity contribution in [3.05, 3.63) is 75.5 Å². The molecule has 1 aromatic carbocycles. The van der Waals surface area contributed by atoms with Crippen LogP contribution in [0.1, 0.15) is 29.8 Å². The Balaban J connectivity index is 1.68. The SMILES string of the molecule is CCOc1ccc(C(O)=C2C(=O)C(=O)N(CCCn3ccnc3)[C@@H]2c2cccs2)cc1Cl. The number of amides is 1. The molecule has 2 aromatic heterocycles. The average Bonchev–Trinajstić information content (AvgIpc) is 3.53. The highest BCUT2D eigenvalue weighted by molar-refractivity contribution is 7.10. The Hall–Kier alpha value is -3.10. The Kier molecular flexibility index (Phi) is 6.62. The first-order valence-electron chi connectivity index (χ1n) is 10.2. The molecule has 1 amide bonds. The van der Waals surface area contributed by atoms with Crippen LogP contribution in [0.15, 0.2) is 60.0 Å². The van der Waals surface area contributed by atoms with Crippen LogP contribution in [-0.2, 0) is 16.1 Å². The highest BCUT2D eigenvalue weighted by Crippen LogP contribution is 2.41. The monoisotopic (exact) mass is 471 g/mol. The number of carbonyl (C=O) groups excluding carboxylic acids is 2. The Bertz CT molecular complexity index is 1140. The molecule has 1 aliphatic heterocycles. The molecular formula is C23H22ClN3O4S. The Morgan fingerprint density at radius 3 is 2.78 bits per heavy atom. The number of aryl methyl sites for hydroxylation is 1. The van der Waals surface area contributed by atoms with Gasteiger partial charge in [0, 0.05) is 35.9 Å². The zero-order valence-electron chi connectivity index (χ0n) is 17.4. The van der Waals surface area contributed by atoms with Crippen LogP contribution < -0.4 is 4.74 Å². The molecule has 0 radical (unpaired) electrons. The van der Waals surface area contributed by atoms with Crippen molar-refractivity contribution in [2.45, 2.75) is 25.9 Å². The minimum atomic E-state index is -0.700. The lowest BCUT2D eigenvalue weighted by Crippen LogP contribution is -2.31. The fourth-order valence-corrected chi connectivity index (χ4v) is 4.85. The van der Waals surface area contributed by atoms with E-state index in [9.17, 15) is 14.7 Å². The minimum Gasteiger partial charge on any atom is -0.507 e. The van der Waals surface area contributed by atoms with Crippen LogP contribution in [0.3, 0.4) is 0 Å². The minimum absolute atomic E-state index is 0.0697. The lowest BCUT2D eigenvalue weighted by molar-refractivity contribution is -0.139. The largest absolute Gasteiger partial charge is 0.507 e. The van der Waals surface area contributed by atoms with Gasteiger partial charge in [0.1, 0.15) is 11.5 Å². The lowest BCUT2D eigenvalue weighted by Gasteiger charge is -2.24. The topological polar surface area (TPSA) is 84.7 Å². The molecule has 1 atom stereocenters. The fourth-order valence-electron chi connectivity index (χ4n) is 3.77. The third-order valence-electron chi connectivity index (χ3n) is 5.23. The normalized spacial score (nSPS) is 17.8. The van der Waals surface area contributed by atoms with E-state index >= 15 is 0 Å². The number of benzene rings is 1. The lowest BCUT2D eigenvalue weighted by atomic mass is 9.99. The molecule has 0 saturated carbocycles. The number of Topliss-reactive ketones (excluding diaryl/α,β-unsaturated/α-hetero) is 1. The maximum Gasteiger partial charge on any atom is 0.295 e. The van der Waals surface area contributed by atoms with Crippen molar-refractivity contribution in [1.29, 1.82) is 0 Å². The summed E-state index contributed by atoms with van der Waals surface area (Å²) in [5.74, 6) is -1.08. The number of halogens is 1. The highest BCUT2D eigenvalue weighted by Gasteiger charge is 2.46. The van der Waals surface area contributed by atoms with Gasteiger partial charge in [-0.2, -0.15) is 0 Å². The quantitative estimate of drug-likeness (QED) is 0.297. The number of ether oxygens (including phenoxy) is 1. The van der Waals surface area contributed by atoms with Crippen LogP contribution in [0.4, 0.5) is 0 Å². The van der Waals surface area contributed by atoms with Gasteiger partial charge in [-0.05, 0) is 43.0 Å². The Labute approximate surface area is 194 Å². The number of hydrogen-bond donors (Lipinski definition) is 1. The van der Waals surface area contributed by atoms with E-state index in [0.29, 0.717) is 42.5 Å². The predicted octanol–water partition coefficient (Wildman–Crippen LogP) is 4.51. The molecule has 0 bridgehead atoms. The molecule has 3 heterocycles. The summed E-state index contributed by atoms with van der Waals surface area (Å²) in [6.07, 6.45) is 5.89. The number of aliphatic hydroxyl groups is 1. The van der Waals surface area contributed by atoms with Crippen molar-refractivity contribution in [3.63, 3.8) is 0 Å². The Morgan fingerprint density at radius 2 is 2.12 bits per heavy atom. The number of thiophene rings is 1. The van der Waals surface area contributed by atoms with Crippen LogP contribution in [0.2, 0.25) is 5.02 Å². The van der Waals surface area contributed by atoms with Crippen molar-refractivity contribution < 1.29 is 19.4 Å². The summed E-state index contributed by atoms with van der Waals surface area (Å²) in [5, 5.41) is 13.3. The molecule has 3 aromatic rings. The van der Waals surface area contributed by atoms with Crippen LogP contribution in [0.25, 0.3) is 5.76 Å². The summed E-state index contributed by atoms with van der Waals surface area (Å²) in [7, 11) is 0. The van der Waals surface area contributed by atoms with Crippen LogP contribution in [0.5, 0.6) is 5.75 Å². The van der Waals surface area contributed by atoms with Gasteiger partial charge >= 0.3 is 0 Å². The van der Waals surface area contributed by atoms with E-state index in [0.717, 1.165) is 4.88 Å². The third kappa shape index (κ3) is 4.28. The van der Waals surface area contributed by atoms with E-state index in [-0.39, 0.29) is 11.3 Å². The molecule has 1 N–H and O–H groups in total. The first kappa shape index (κ1) is 22.1. The second-order valence-electron chi connectivity index (χ2n) is 7.24. The van der Waals surface area contributed by atoms with E-state index in [4.69, 9.17) is 16.3 Å². The van der Waals surface area contributed by atoms with E-state index in [1.807, 2.05) is 35.2 Å². The van der Waals surface area contributed by atoms with E-state index in [2.05, 4.69) is 4.98 Å². The molecule has 1 aliphatic rings. The number of imidazole rings is 1. The molecule has 1 fully saturated rings. The first-order valence-corrected chi connectivity index (χ1v) is 11.5. The van der Waals surface area contributed by atoms with Gasteiger partial charge in [0.15, 0.2) is 0 Å². The third-order valence-corrected chi connectivity index (χ3v) is 6.45. The second kappa shape index (κ2) is 9.58. The van der Waals surface area contributed by atoms with Crippen molar-refractivity contribution in [1.82, 2.24) is 14.5 Å². The number of ketones is 1. The van der Waals surface area contributed by atoms with Gasteiger partial charge in [0.2, 0.25) is 0 Å². The summed E-state index contributed by atoms with van der Waals surface area (Å²) >= 11 is 7.71. The molecular weight excluding hydrogens is 450 g/mol. The number of nitrogens with zero attached hydrogens (tertiary/aromatic N) is 3. The second-order valence-corrected chi connectivity index (χ2v) is 8.63. The highest BCUT2D eigenvalue weighted by atomic mass is 35.5. The zero-order valence-corrected chi connectivity index (χ0v) is 19.0. The summed E-state index contributed by atoms with van der Waals surface area (Å²) in [4.78, 5) is 32.3. The number of rotatable bonds is 8. The molecule has 4 rings (SSSR count). The molecule has 166 valence electrons. The van der Waals surface area contributed by atoms with Crippen LogP contribution in [-0.4, -0.2) is 44.4 Å². The molecule has 7 nitrogen and oxygen atoms in total. The van der Waals surface area contributed by atoms with Gasteiger partial charge < -0.3 is 19.3 Å². The molecule has 9 heteroatoms. The van der Waals surface area contributed by atoms with Crippen molar-refractivity contribution >= 4 is 40.4 Å². The number of aromatic nitrogens is 2. The van der Waals surface area contributed by atoms with Crippen molar-refractivity contribution in [3.8, 4) is 5.75 Å². The maximum absolute atomic E-state index is 13.0. The van der Waals surface area contributed by atoms with Gasteiger partial charge in [-0.15, -0.1) is 11.3 Å². The van der Waals surface area contributed by atoms with E-state index in [1.165, 1.54) is 16.2 Å². The fraction of sp³-hybridized carbons (Fsp3) is 0.261. The average molecular weight is 472 g/mol. The number of aliphatic hydroxyl groups excluding tert-OH is 1. The van der Waals surface area contributed by atoms with E-state index < -0.39 is 17.7 Å². The number of hydrogen-bond acceptors (Lipinski definition) is 6. The van der Waals surface area contributed by atoms with Gasteiger partial charge in [0.25, 0.3) is 11.7 Å². The first-order chi connectivity index (χ1) is 15.5. The smallest absolute Gasteiger partial charge is 0.295 e. The predicted molar refractivity (Wildman–Crippen MR) is 123 cm³/mol. The number of carbonyl (C=O) groups is 2. The van der Waals surface area contributed by atoms with Gasteiger partial charge in [-0.25, -0.2) is 4.98 Å². The van der Waals surface area contributed by atoms with Crippen molar-refractivity contribution in [2.24, 2.45) is 0 Å². The number of likely N-dealkylation sites (tertiary alicyclic amines) is 1. The van der Waals surface area contributed by atoms with Gasteiger partial charge in [0.05, 0.1) is 29.6 Å². The van der Waals surface area contributed by atoms with E-state index in [1.54, 1.807) is 30.7 Å². The standard InChI is InChI=1S/C23H22ClN3O4S/c1-2-31-17-7-6-15(13-16(17)24)21(28)19-20(18-5-3-12-32-18)27(23(30)22(19)29)10-4-9-26-11-8-25-14-26/h3,5-8,11-14,20,28H,2,4,9-10H2,1H3/t20-/m1/s1. The Morgan fingerprint density at radius 1 is 1.28 bits per heavy atom. The van der Waals surface area contributed by atoms with Gasteiger partial charge in [-0.1, -0.05) is 17.7 Å². The summed E-state index contributed by atoms with van der Waals surface area (Å²) in [5.41, 5.74) is 0.428. The molecule has 0 unspecified atom stereocenters. The molecule has 0 spiro atoms.